The Kier molecular flexibility index (Phi) is 8.59. The Bertz CT molecular complexity index is 1090. The monoisotopic (exact) mass is 478 g/mol. The SMILES string of the molecule is COC(=O)C[C@H](c1cc(OC)c2c(c1)OCO2)[C@@H](COCc1ccccc1)OCc1ccccc1. The van der Waals surface area contributed by atoms with Gasteiger partial charge in [-0.3, -0.25) is 4.79 Å². The van der Waals surface area contributed by atoms with Crippen molar-refractivity contribution >= 4 is 5.97 Å². The number of carbonyl (C=O) groups excluding carboxylic acids is 1. The normalized spacial score (nSPS) is 13.8. The lowest BCUT2D eigenvalue weighted by atomic mass is 9.89. The summed E-state index contributed by atoms with van der Waals surface area (Å²) in [4.78, 5) is 12.5. The van der Waals surface area contributed by atoms with E-state index in [1.54, 1.807) is 7.11 Å². The molecule has 7 heteroatoms. The van der Waals surface area contributed by atoms with E-state index < -0.39 is 6.10 Å². The van der Waals surface area contributed by atoms with Crippen LogP contribution in [-0.4, -0.2) is 39.7 Å². The quantitative estimate of drug-likeness (QED) is 0.344. The van der Waals surface area contributed by atoms with Gasteiger partial charge in [0, 0.05) is 5.92 Å². The minimum absolute atomic E-state index is 0.105. The highest BCUT2D eigenvalue weighted by molar-refractivity contribution is 5.71. The average molecular weight is 479 g/mol. The summed E-state index contributed by atoms with van der Waals surface area (Å²) in [6, 6.07) is 23.6. The molecule has 0 fully saturated rings. The molecule has 0 N–H and O–H groups in total. The highest BCUT2D eigenvalue weighted by Gasteiger charge is 2.31. The van der Waals surface area contributed by atoms with Crippen molar-refractivity contribution < 1.29 is 33.2 Å². The third-order valence-corrected chi connectivity index (χ3v) is 5.87. The summed E-state index contributed by atoms with van der Waals surface area (Å²) in [5, 5.41) is 0. The predicted octanol–water partition coefficient (Wildman–Crippen LogP) is 4.87. The van der Waals surface area contributed by atoms with E-state index in [9.17, 15) is 4.79 Å². The van der Waals surface area contributed by atoms with Gasteiger partial charge in [-0.05, 0) is 28.8 Å². The molecule has 0 aliphatic carbocycles. The van der Waals surface area contributed by atoms with Crippen LogP contribution in [0.15, 0.2) is 72.8 Å². The zero-order valence-corrected chi connectivity index (χ0v) is 20.0. The van der Waals surface area contributed by atoms with E-state index in [2.05, 4.69) is 0 Å². The molecular formula is C28H30O7. The van der Waals surface area contributed by atoms with Crippen LogP contribution in [0.2, 0.25) is 0 Å². The Morgan fingerprint density at radius 1 is 0.914 bits per heavy atom. The summed E-state index contributed by atoms with van der Waals surface area (Å²) in [6.07, 6.45) is -0.337. The van der Waals surface area contributed by atoms with Crippen LogP contribution in [0.4, 0.5) is 0 Å². The maximum Gasteiger partial charge on any atom is 0.306 e. The van der Waals surface area contributed by atoms with E-state index in [0.717, 1.165) is 16.7 Å². The number of rotatable bonds is 12. The first-order valence-electron chi connectivity index (χ1n) is 11.5. The Balaban J connectivity index is 1.61. The van der Waals surface area contributed by atoms with Crippen molar-refractivity contribution in [1.29, 1.82) is 0 Å². The smallest absolute Gasteiger partial charge is 0.306 e. The lowest BCUT2D eigenvalue weighted by Crippen LogP contribution is -2.30. The fraction of sp³-hybridized carbons (Fsp3) is 0.321. The van der Waals surface area contributed by atoms with Crippen molar-refractivity contribution in [2.24, 2.45) is 0 Å². The molecule has 0 amide bonds. The summed E-state index contributed by atoms with van der Waals surface area (Å²) in [6.45, 7) is 1.20. The number of carbonyl (C=O) groups is 1. The van der Waals surface area contributed by atoms with Gasteiger partial charge in [0.1, 0.15) is 0 Å². The van der Waals surface area contributed by atoms with E-state index >= 15 is 0 Å². The maximum absolute atomic E-state index is 12.5. The van der Waals surface area contributed by atoms with Crippen molar-refractivity contribution in [3.05, 3.63) is 89.5 Å². The van der Waals surface area contributed by atoms with Crippen LogP contribution < -0.4 is 14.2 Å². The van der Waals surface area contributed by atoms with E-state index in [-0.39, 0.29) is 31.7 Å². The Hall–Kier alpha value is -3.55. The van der Waals surface area contributed by atoms with Gasteiger partial charge in [0.25, 0.3) is 0 Å². The third-order valence-electron chi connectivity index (χ3n) is 5.87. The Labute approximate surface area is 205 Å². The first kappa shape index (κ1) is 24.6. The van der Waals surface area contributed by atoms with Gasteiger partial charge < -0.3 is 28.4 Å². The standard InChI is InChI=1S/C28H30O7/c1-30-24-13-22(14-25-28(24)35-19-34-25)23(15-27(29)31-2)26(33-17-21-11-7-4-8-12-21)18-32-16-20-9-5-3-6-10-20/h3-14,23,26H,15-19H2,1-2H3/t23-,26-/m1/s1. The van der Waals surface area contributed by atoms with Gasteiger partial charge in [-0.25, -0.2) is 0 Å². The van der Waals surface area contributed by atoms with Gasteiger partial charge in [-0.2, -0.15) is 0 Å². The number of hydrogen-bond acceptors (Lipinski definition) is 7. The summed E-state index contributed by atoms with van der Waals surface area (Å²) >= 11 is 0. The third kappa shape index (κ3) is 6.53. The van der Waals surface area contributed by atoms with Crippen LogP contribution in [0.1, 0.15) is 29.0 Å². The number of hydrogen-bond donors (Lipinski definition) is 0. The summed E-state index contributed by atoms with van der Waals surface area (Å²) in [5.74, 6) is 0.946. The maximum atomic E-state index is 12.5. The minimum Gasteiger partial charge on any atom is -0.493 e. The molecule has 4 rings (SSSR count). The lowest BCUT2D eigenvalue weighted by molar-refractivity contribution is -0.142. The highest BCUT2D eigenvalue weighted by atomic mass is 16.7. The number of esters is 1. The highest BCUT2D eigenvalue weighted by Crippen LogP contribution is 2.44. The first-order chi connectivity index (χ1) is 17.2. The zero-order chi connectivity index (χ0) is 24.5. The van der Waals surface area contributed by atoms with E-state index in [4.69, 9.17) is 28.4 Å². The van der Waals surface area contributed by atoms with Crippen LogP contribution in [0.5, 0.6) is 17.2 Å². The van der Waals surface area contributed by atoms with Gasteiger partial charge in [-0.1, -0.05) is 60.7 Å². The second kappa shape index (κ2) is 12.2. The molecule has 2 atom stereocenters. The van der Waals surface area contributed by atoms with Gasteiger partial charge in [0.2, 0.25) is 12.5 Å². The fourth-order valence-electron chi connectivity index (χ4n) is 4.02. The van der Waals surface area contributed by atoms with Gasteiger partial charge in [0.05, 0.1) is 46.6 Å². The minimum atomic E-state index is -0.442. The summed E-state index contributed by atoms with van der Waals surface area (Å²) in [5.41, 5.74) is 2.90. The van der Waals surface area contributed by atoms with Gasteiger partial charge in [-0.15, -0.1) is 0 Å². The van der Waals surface area contributed by atoms with Crippen LogP contribution in [0.3, 0.4) is 0 Å². The summed E-state index contributed by atoms with van der Waals surface area (Å²) in [7, 11) is 2.95. The molecule has 1 aliphatic heterocycles. The molecule has 0 unspecified atom stereocenters. The summed E-state index contributed by atoms with van der Waals surface area (Å²) < 4.78 is 34.2. The van der Waals surface area contributed by atoms with Crippen molar-refractivity contribution in [2.45, 2.75) is 31.7 Å². The van der Waals surface area contributed by atoms with E-state index in [0.29, 0.717) is 30.5 Å². The first-order valence-corrected chi connectivity index (χ1v) is 11.5. The molecule has 0 radical (unpaired) electrons. The average Bonchev–Trinajstić information content (AvgIpc) is 3.39. The topological polar surface area (TPSA) is 72.5 Å². The number of ether oxygens (including phenoxy) is 6. The molecule has 0 saturated heterocycles. The largest absolute Gasteiger partial charge is 0.493 e. The zero-order valence-electron chi connectivity index (χ0n) is 20.0. The molecule has 0 spiro atoms. The van der Waals surface area contributed by atoms with Crippen LogP contribution in [0.25, 0.3) is 0 Å². The molecule has 184 valence electrons. The number of benzene rings is 3. The van der Waals surface area contributed by atoms with Gasteiger partial charge in [0.15, 0.2) is 11.5 Å². The van der Waals surface area contributed by atoms with E-state index in [1.807, 2.05) is 72.8 Å². The molecule has 0 aromatic heterocycles. The molecule has 1 heterocycles. The van der Waals surface area contributed by atoms with Crippen LogP contribution in [-0.2, 0) is 32.2 Å². The molecule has 1 aliphatic rings. The lowest BCUT2D eigenvalue weighted by Gasteiger charge is -2.28. The molecule has 35 heavy (non-hydrogen) atoms. The van der Waals surface area contributed by atoms with Gasteiger partial charge >= 0.3 is 5.97 Å². The fourth-order valence-corrected chi connectivity index (χ4v) is 4.02. The number of methoxy groups -OCH3 is 2. The molecule has 0 bridgehead atoms. The Morgan fingerprint density at radius 2 is 1.60 bits per heavy atom. The molecular weight excluding hydrogens is 448 g/mol. The van der Waals surface area contributed by atoms with Crippen LogP contribution >= 0.6 is 0 Å². The molecule has 7 nitrogen and oxygen atoms in total. The van der Waals surface area contributed by atoms with Crippen molar-refractivity contribution in [2.75, 3.05) is 27.6 Å². The molecule has 0 saturated carbocycles. The number of fused-ring (bicyclic) bond motifs is 1. The van der Waals surface area contributed by atoms with E-state index in [1.165, 1.54) is 7.11 Å². The molecule has 3 aromatic rings. The predicted molar refractivity (Wildman–Crippen MR) is 130 cm³/mol. The Morgan fingerprint density at radius 3 is 2.26 bits per heavy atom. The van der Waals surface area contributed by atoms with Crippen molar-refractivity contribution in [3.63, 3.8) is 0 Å². The van der Waals surface area contributed by atoms with Crippen molar-refractivity contribution in [1.82, 2.24) is 0 Å². The van der Waals surface area contributed by atoms with Crippen LogP contribution in [0, 0.1) is 0 Å². The second-order valence-corrected chi connectivity index (χ2v) is 8.18. The molecule has 3 aromatic carbocycles. The van der Waals surface area contributed by atoms with Crippen molar-refractivity contribution in [3.8, 4) is 17.2 Å². The second-order valence-electron chi connectivity index (χ2n) is 8.18.